The van der Waals surface area contributed by atoms with Crippen molar-refractivity contribution in [2.45, 2.75) is 56.7 Å². The van der Waals surface area contributed by atoms with Gasteiger partial charge in [-0.05, 0) is 32.1 Å². The summed E-state index contributed by atoms with van der Waals surface area (Å²) in [6.45, 7) is -0.0642. The third kappa shape index (κ3) is 22.9. The third-order valence-corrected chi connectivity index (χ3v) is 8.16. The lowest BCUT2D eigenvalue weighted by atomic mass is 9.86. The van der Waals surface area contributed by atoms with Crippen molar-refractivity contribution in [3.63, 3.8) is 0 Å². The zero-order chi connectivity index (χ0) is 37.9. The summed E-state index contributed by atoms with van der Waals surface area (Å²) in [4.78, 5) is 79.1. The number of thiol groups is 1. The number of carbonyl (C=O) groups excluding carboxylic acids is 5. The van der Waals surface area contributed by atoms with Crippen LogP contribution in [0.1, 0.15) is 38.5 Å². The van der Waals surface area contributed by atoms with E-state index in [1.54, 1.807) is 0 Å². The van der Waals surface area contributed by atoms with Gasteiger partial charge in [-0.2, -0.15) is 0 Å². The molecule has 296 valence electrons. The number of rotatable bonds is 29. The molecule has 0 radical (unpaired) electrons. The maximum Gasteiger partial charge on any atom is 0.253 e. The molecule has 5 amide bonds. The second-order valence-electron chi connectivity index (χ2n) is 11.3. The van der Waals surface area contributed by atoms with Crippen LogP contribution in [0.25, 0.3) is 0 Å². The van der Waals surface area contributed by atoms with Gasteiger partial charge in [0, 0.05) is 38.6 Å². The molecule has 0 heterocycles. The first kappa shape index (κ1) is 46.6. The van der Waals surface area contributed by atoms with Crippen LogP contribution in [-0.4, -0.2) is 133 Å². The monoisotopic (exact) mass is 774 g/mol. The van der Waals surface area contributed by atoms with Crippen molar-refractivity contribution >= 4 is 48.4 Å². The number of hydrogen-bond donors (Lipinski definition) is 9. The highest BCUT2D eigenvalue weighted by Crippen LogP contribution is 2.50. The molecular formula is C28H55N8O13PS. The largest absolute Gasteiger partial charge is 0.377 e. The lowest BCUT2D eigenvalue weighted by Crippen LogP contribution is -2.60. The Labute approximate surface area is 302 Å². The number of carbonyl (C=O) groups is 5. The van der Waals surface area contributed by atoms with Crippen molar-refractivity contribution in [1.29, 1.82) is 0 Å². The van der Waals surface area contributed by atoms with Crippen LogP contribution in [-0.2, 0) is 61.8 Å². The SMILES string of the molecule is CP(=O)(S)O[C@H]1CC[C@@H](C(=O)NC(C(=O)NCCOCCON)C(=O)NC(CCC(=O)NCCOCCON)C(=O)NCCOCCON)CC1. The summed E-state index contributed by atoms with van der Waals surface area (Å²) >= 11 is 3.97. The van der Waals surface area contributed by atoms with Gasteiger partial charge in [-0.25, -0.2) is 17.7 Å². The minimum atomic E-state index is -3.03. The molecule has 0 bridgehead atoms. The predicted molar refractivity (Wildman–Crippen MR) is 184 cm³/mol. The van der Waals surface area contributed by atoms with E-state index in [4.69, 9.17) is 36.4 Å². The molecule has 1 fully saturated rings. The van der Waals surface area contributed by atoms with Crippen molar-refractivity contribution in [1.82, 2.24) is 26.6 Å². The summed E-state index contributed by atoms with van der Waals surface area (Å²) in [5.74, 6) is 10.8. The first-order chi connectivity index (χ1) is 24.4. The van der Waals surface area contributed by atoms with Crippen LogP contribution in [0.15, 0.2) is 0 Å². The first-order valence-corrected chi connectivity index (χ1v) is 19.7. The Morgan fingerprint density at radius 2 is 1.18 bits per heavy atom. The van der Waals surface area contributed by atoms with Gasteiger partial charge in [-0.15, -0.1) is 0 Å². The highest BCUT2D eigenvalue weighted by Gasteiger charge is 2.35. The lowest BCUT2D eigenvalue weighted by molar-refractivity contribution is -0.140. The summed E-state index contributed by atoms with van der Waals surface area (Å²) in [6, 6.07) is -3.02. The summed E-state index contributed by atoms with van der Waals surface area (Å²) in [5.41, 5.74) is 0. The van der Waals surface area contributed by atoms with E-state index < -0.39 is 54.1 Å². The van der Waals surface area contributed by atoms with E-state index in [1.165, 1.54) is 6.66 Å². The molecule has 51 heavy (non-hydrogen) atoms. The van der Waals surface area contributed by atoms with Crippen LogP contribution in [0, 0.1) is 5.92 Å². The smallest absolute Gasteiger partial charge is 0.253 e. The van der Waals surface area contributed by atoms with E-state index in [0.29, 0.717) is 25.7 Å². The molecule has 0 aliphatic heterocycles. The molecule has 23 heteroatoms. The van der Waals surface area contributed by atoms with Gasteiger partial charge < -0.3 is 59.8 Å². The Kier molecular flexibility index (Phi) is 25.6. The Balaban J connectivity index is 2.98. The van der Waals surface area contributed by atoms with Crippen molar-refractivity contribution in [2.75, 3.05) is 85.8 Å². The third-order valence-electron chi connectivity index (χ3n) is 7.19. The van der Waals surface area contributed by atoms with Crippen LogP contribution < -0.4 is 44.3 Å². The van der Waals surface area contributed by atoms with Gasteiger partial charge in [-0.3, -0.25) is 28.5 Å². The summed E-state index contributed by atoms with van der Waals surface area (Å²) < 4.78 is 33.2. The Morgan fingerprint density at radius 1 is 0.686 bits per heavy atom. The summed E-state index contributed by atoms with van der Waals surface area (Å²) in [7, 11) is 0. The topological polar surface area (TPSA) is 305 Å². The maximum atomic E-state index is 13.6. The quantitative estimate of drug-likeness (QED) is 0.0121. The van der Waals surface area contributed by atoms with Gasteiger partial charge in [0.2, 0.25) is 17.7 Å². The molecule has 0 aromatic heterocycles. The average molecular weight is 775 g/mol. The molecule has 3 atom stereocenters. The number of amides is 5. The Hall–Kier alpha value is -2.47. The van der Waals surface area contributed by atoms with Crippen LogP contribution in [0.4, 0.5) is 0 Å². The molecule has 1 saturated carbocycles. The van der Waals surface area contributed by atoms with E-state index in [1.807, 2.05) is 0 Å². The van der Waals surface area contributed by atoms with Gasteiger partial charge in [0.25, 0.3) is 18.4 Å². The minimum Gasteiger partial charge on any atom is -0.377 e. The molecule has 3 unspecified atom stereocenters. The second-order valence-corrected chi connectivity index (χ2v) is 15.3. The molecule has 1 rings (SSSR count). The number of ether oxygens (including phenoxy) is 3. The minimum absolute atomic E-state index is 0.0193. The highest BCUT2D eigenvalue weighted by atomic mass is 32.7. The van der Waals surface area contributed by atoms with E-state index >= 15 is 0 Å². The van der Waals surface area contributed by atoms with Crippen LogP contribution >= 0.6 is 18.8 Å². The van der Waals surface area contributed by atoms with Crippen molar-refractivity contribution < 1.29 is 61.8 Å². The van der Waals surface area contributed by atoms with Crippen molar-refractivity contribution in [2.24, 2.45) is 23.6 Å². The fourth-order valence-electron chi connectivity index (χ4n) is 4.71. The van der Waals surface area contributed by atoms with Gasteiger partial charge in [-0.1, -0.05) is 12.2 Å². The second kappa shape index (κ2) is 28.1. The summed E-state index contributed by atoms with van der Waals surface area (Å²) in [6.07, 6.45) is 0.873. The van der Waals surface area contributed by atoms with Gasteiger partial charge in [0.1, 0.15) is 6.04 Å². The molecule has 11 N–H and O–H groups in total. The molecule has 1 aliphatic carbocycles. The predicted octanol–water partition coefficient (Wildman–Crippen LogP) is -2.87. The molecule has 1 aliphatic rings. The normalized spacial score (nSPS) is 18.1. The number of hydrogen-bond acceptors (Lipinski definition) is 16. The average Bonchev–Trinajstić information content (AvgIpc) is 3.09. The molecule has 21 nitrogen and oxygen atoms in total. The number of nitrogens with one attached hydrogen (secondary N) is 5. The molecule has 0 spiro atoms. The zero-order valence-electron chi connectivity index (χ0n) is 29.0. The van der Waals surface area contributed by atoms with E-state index in [9.17, 15) is 28.5 Å². The van der Waals surface area contributed by atoms with Crippen LogP contribution in [0.3, 0.4) is 0 Å². The lowest BCUT2D eigenvalue weighted by Gasteiger charge is -2.29. The molecule has 0 aromatic carbocycles. The molecule has 0 saturated heterocycles. The molecule has 0 aromatic rings. The van der Waals surface area contributed by atoms with E-state index in [2.05, 4.69) is 53.3 Å². The maximum absolute atomic E-state index is 13.6. The highest BCUT2D eigenvalue weighted by molar-refractivity contribution is 8.46. The van der Waals surface area contributed by atoms with Gasteiger partial charge in [0.15, 0.2) is 6.04 Å². The fraction of sp³-hybridized carbons (Fsp3) is 0.821. The van der Waals surface area contributed by atoms with E-state index in [-0.39, 0.29) is 98.0 Å². The number of nitrogens with two attached hydrogens (primary N) is 3. The molecular weight excluding hydrogens is 719 g/mol. The fourth-order valence-corrected chi connectivity index (χ4v) is 5.88. The van der Waals surface area contributed by atoms with Gasteiger partial charge in [0.05, 0.1) is 65.6 Å². The van der Waals surface area contributed by atoms with Crippen LogP contribution in [0.5, 0.6) is 0 Å². The summed E-state index contributed by atoms with van der Waals surface area (Å²) in [5, 5.41) is 12.8. The Morgan fingerprint density at radius 3 is 1.67 bits per heavy atom. The van der Waals surface area contributed by atoms with E-state index in [0.717, 1.165) is 0 Å². The van der Waals surface area contributed by atoms with Gasteiger partial charge >= 0.3 is 0 Å². The standard InChI is InChI=1S/C28H55N8O13PS/c1-50(42,51)49-21-4-2-20(3-5-21)25(38)36-24(27(40)34-10-13-45-16-19-48-31)28(41)35-22(26(39)33-9-12-44-15-18-47-30)6-7-23(37)32-8-11-43-14-17-46-29/h20-22,24H,2-19,29-31H2,1H3,(H,32,37)(H,33,39)(H,34,40)(H,35,41)(H,36,38)(H,42,51)/t20-,21+,22?,24?,50?. The first-order valence-electron chi connectivity index (χ1n) is 16.5. The van der Waals surface area contributed by atoms with Crippen LogP contribution in [0.2, 0.25) is 0 Å². The Bertz CT molecular complexity index is 1090. The zero-order valence-corrected chi connectivity index (χ0v) is 30.8. The van der Waals surface area contributed by atoms with Crippen molar-refractivity contribution in [3.05, 3.63) is 0 Å². The van der Waals surface area contributed by atoms with Crippen molar-refractivity contribution in [3.8, 4) is 0 Å².